The molecule has 1 aliphatic heterocycles. The first-order valence-electron chi connectivity index (χ1n) is 17.5. The Hall–Kier alpha value is -6.27. The average molecular weight is 664 g/mol. The minimum absolute atomic E-state index is 0.0225. The van der Waals surface area contributed by atoms with Crippen molar-refractivity contribution in [2.45, 2.75) is 38.5 Å². The van der Waals surface area contributed by atoms with Crippen LogP contribution in [0, 0.1) is 0 Å². The minimum atomic E-state index is -0.0225. The molecule has 1 amide bonds. The normalized spacial score (nSPS) is 18.6. The van der Waals surface area contributed by atoms with Gasteiger partial charge in [-0.25, -0.2) is 15.0 Å². The number of benzene rings is 4. The predicted octanol–water partition coefficient (Wildman–Crippen LogP) is 10.4. The van der Waals surface area contributed by atoms with Gasteiger partial charge in [0, 0.05) is 46.6 Å². The summed E-state index contributed by atoms with van der Waals surface area (Å²) in [6.45, 7) is 2.14. The summed E-state index contributed by atoms with van der Waals surface area (Å²) in [4.78, 5) is 35.3. The maximum Gasteiger partial charge on any atom is 0.231 e. The third kappa shape index (κ3) is 6.69. The molecule has 0 bridgehead atoms. The lowest BCUT2D eigenvalue weighted by Gasteiger charge is -2.28. The van der Waals surface area contributed by atoms with Crippen LogP contribution in [-0.4, -0.2) is 25.8 Å². The Morgan fingerprint density at radius 3 is 1.88 bits per heavy atom. The van der Waals surface area contributed by atoms with Crippen molar-refractivity contribution in [3.8, 4) is 45.3 Å². The van der Waals surface area contributed by atoms with Gasteiger partial charge in [0.05, 0.1) is 5.69 Å². The molecule has 2 aliphatic rings. The molecule has 1 unspecified atom stereocenters. The van der Waals surface area contributed by atoms with E-state index in [2.05, 4.69) is 73.7 Å². The second-order valence-electron chi connectivity index (χ2n) is 13.0. The Balaban J connectivity index is 1.21. The van der Waals surface area contributed by atoms with Gasteiger partial charge in [-0.05, 0) is 78.8 Å². The summed E-state index contributed by atoms with van der Waals surface area (Å²) in [6.07, 6.45) is 13.2. The fraction of sp³-hybridized carbons (Fsp3) is 0.133. The molecule has 6 aromatic rings. The third-order valence-electron chi connectivity index (χ3n) is 9.63. The van der Waals surface area contributed by atoms with Gasteiger partial charge in [0.15, 0.2) is 17.5 Å². The van der Waals surface area contributed by atoms with Gasteiger partial charge in [0.25, 0.3) is 0 Å². The van der Waals surface area contributed by atoms with Crippen LogP contribution < -0.4 is 4.90 Å². The zero-order chi connectivity index (χ0) is 34.6. The summed E-state index contributed by atoms with van der Waals surface area (Å²) >= 11 is 0. The number of nitrogens with zero attached hydrogens (tertiary/aromatic N) is 5. The van der Waals surface area contributed by atoms with Crippen molar-refractivity contribution < 1.29 is 4.79 Å². The van der Waals surface area contributed by atoms with Crippen molar-refractivity contribution in [1.82, 2.24) is 19.9 Å². The topological polar surface area (TPSA) is 71.9 Å². The van der Waals surface area contributed by atoms with Gasteiger partial charge in [0.1, 0.15) is 0 Å². The number of allylic oxidation sites excluding steroid dienone is 5. The van der Waals surface area contributed by atoms with E-state index >= 15 is 0 Å². The highest BCUT2D eigenvalue weighted by Crippen LogP contribution is 2.43. The highest BCUT2D eigenvalue weighted by atomic mass is 16.2. The lowest BCUT2D eigenvalue weighted by atomic mass is 9.88. The van der Waals surface area contributed by atoms with Crippen LogP contribution in [0.25, 0.3) is 45.3 Å². The molecule has 8 rings (SSSR count). The van der Waals surface area contributed by atoms with Gasteiger partial charge in [0.2, 0.25) is 5.91 Å². The first-order chi connectivity index (χ1) is 25.1. The second-order valence-corrected chi connectivity index (χ2v) is 13.0. The van der Waals surface area contributed by atoms with Crippen LogP contribution in [0.2, 0.25) is 0 Å². The van der Waals surface area contributed by atoms with Gasteiger partial charge in [-0.1, -0.05) is 115 Å². The molecule has 6 heteroatoms. The van der Waals surface area contributed by atoms with Gasteiger partial charge >= 0.3 is 0 Å². The minimum Gasteiger partial charge on any atom is -0.281 e. The number of carbonyl (C=O) groups excluding carboxylic acids is 1. The summed E-state index contributed by atoms with van der Waals surface area (Å²) < 4.78 is 0. The van der Waals surface area contributed by atoms with Gasteiger partial charge < -0.3 is 0 Å². The number of anilines is 1. The lowest BCUT2D eigenvalue weighted by Crippen LogP contribution is -2.29. The largest absolute Gasteiger partial charge is 0.281 e. The van der Waals surface area contributed by atoms with Crippen molar-refractivity contribution in [1.29, 1.82) is 0 Å². The molecule has 6 nitrogen and oxygen atoms in total. The van der Waals surface area contributed by atoms with Crippen molar-refractivity contribution in [2.24, 2.45) is 0 Å². The maximum atomic E-state index is 14.0. The van der Waals surface area contributed by atoms with Crippen LogP contribution >= 0.6 is 0 Å². The molecular formula is C45H37N5O. The summed E-state index contributed by atoms with van der Waals surface area (Å²) in [5.41, 5.74) is 10.1. The van der Waals surface area contributed by atoms with Crippen LogP contribution in [0.15, 0.2) is 163 Å². The van der Waals surface area contributed by atoms with E-state index in [-0.39, 0.29) is 11.8 Å². The van der Waals surface area contributed by atoms with E-state index in [1.165, 1.54) is 5.57 Å². The molecule has 248 valence electrons. The highest BCUT2D eigenvalue weighted by molar-refractivity contribution is 5.99. The zero-order valence-electron chi connectivity index (χ0n) is 28.5. The summed E-state index contributed by atoms with van der Waals surface area (Å²) in [6, 6.07) is 41.0. The lowest BCUT2D eigenvalue weighted by molar-refractivity contribution is -0.118. The maximum absolute atomic E-state index is 14.0. The van der Waals surface area contributed by atoms with E-state index in [0.717, 1.165) is 63.3 Å². The van der Waals surface area contributed by atoms with Crippen molar-refractivity contribution in [2.75, 3.05) is 4.90 Å². The number of hydrogen-bond acceptors (Lipinski definition) is 5. The molecule has 51 heavy (non-hydrogen) atoms. The molecular weight excluding hydrogens is 627 g/mol. The fourth-order valence-corrected chi connectivity index (χ4v) is 6.95. The number of fused-ring (bicyclic) bond motifs is 1. The van der Waals surface area contributed by atoms with Crippen LogP contribution in [0.5, 0.6) is 0 Å². The Morgan fingerprint density at radius 2 is 1.24 bits per heavy atom. The van der Waals surface area contributed by atoms with E-state index in [4.69, 9.17) is 19.9 Å². The average Bonchev–Trinajstić information content (AvgIpc) is 3.33. The van der Waals surface area contributed by atoms with Crippen molar-refractivity contribution in [3.05, 3.63) is 174 Å². The molecule has 0 saturated heterocycles. The Morgan fingerprint density at radius 1 is 0.627 bits per heavy atom. The standard InChI is InChI=1S/C45H37N5O/c1-31-14-6-2-3-11-20-40(31)50-41-27-25-36(30-38(41)37(26-28-42(50)51)39-19-12-13-29-46-39)32-21-23-35(24-22-32)45-48-43(33-15-7-4-8-16-33)47-44(49-45)34-17-9-5-10-18-34/h2-5,7-13,15-25,27,29-30,37H,6,14,26,28H2,1H3/b3-2-,20-11-,40-31-. The number of carbonyl (C=O) groups is 1. The van der Waals surface area contributed by atoms with Gasteiger partial charge in [-0.2, -0.15) is 0 Å². The van der Waals surface area contributed by atoms with Crippen LogP contribution in [0.3, 0.4) is 0 Å². The summed E-state index contributed by atoms with van der Waals surface area (Å²) in [5.74, 6) is 1.97. The molecule has 0 spiro atoms. The van der Waals surface area contributed by atoms with Gasteiger partial charge in [-0.3, -0.25) is 14.7 Å². The monoisotopic (exact) mass is 663 g/mol. The SMILES string of the molecule is C\C1=C(N2C(=O)CCC(c3ccccn3)c3cc(-c4ccc(-c5nc(-c6ccccc6)nc(-c6ccccc6)n5)cc4)ccc32)/C=C\C=C/CC1. The molecule has 1 aliphatic carbocycles. The second kappa shape index (κ2) is 14.3. The number of amides is 1. The Labute approximate surface area is 298 Å². The van der Waals surface area contributed by atoms with E-state index < -0.39 is 0 Å². The first kappa shape index (κ1) is 32.0. The molecule has 4 aromatic carbocycles. The van der Waals surface area contributed by atoms with Crippen LogP contribution in [0.4, 0.5) is 5.69 Å². The molecule has 0 N–H and O–H groups in total. The summed E-state index contributed by atoms with van der Waals surface area (Å²) in [7, 11) is 0. The predicted molar refractivity (Wildman–Crippen MR) is 205 cm³/mol. The first-order valence-corrected chi connectivity index (χ1v) is 17.5. The van der Waals surface area contributed by atoms with Gasteiger partial charge in [-0.15, -0.1) is 0 Å². The van der Waals surface area contributed by atoms with Crippen LogP contribution in [-0.2, 0) is 4.79 Å². The number of pyridine rings is 1. The molecule has 3 heterocycles. The smallest absolute Gasteiger partial charge is 0.231 e. The number of hydrogen-bond donors (Lipinski definition) is 0. The quantitative estimate of drug-likeness (QED) is 0.177. The Bertz CT molecular complexity index is 2220. The van der Waals surface area contributed by atoms with E-state index in [1.807, 2.05) is 90.0 Å². The number of rotatable bonds is 6. The van der Waals surface area contributed by atoms with E-state index in [1.54, 1.807) is 0 Å². The highest BCUT2D eigenvalue weighted by Gasteiger charge is 2.32. The third-order valence-corrected chi connectivity index (χ3v) is 9.63. The summed E-state index contributed by atoms with van der Waals surface area (Å²) in [5, 5.41) is 0. The Kier molecular flexibility index (Phi) is 8.96. The molecule has 0 saturated carbocycles. The van der Waals surface area contributed by atoms with Crippen molar-refractivity contribution >= 4 is 11.6 Å². The van der Waals surface area contributed by atoms with E-state index in [9.17, 15) is 4.79 Å². The fourth-order valence-electron chi connectivity index (χ4n) is 6.95. The zero-order valence-corrected chi connectivity index (χ0v) is 28.5. The molecule has 0 fully saturated rings. The van der Waals surface area contributed by atoms with E-state index in [0.29, 0.717) is 30.3 Å². The van der Waals surface area contributed by atoms with Crippen molar-refractivity contribution in [3.63, 3.8) is 0 Å². The van der Waals surface area contributed by atoms with Crippen LogP contribution in [0.1, 0.15) is 49.8 Å². The molecule has 0 radical (unpaired) electrons. The molecule has 1 atom stereocenters. The number of aromatic nitrogens is 4. The molecule has 2 aromatic heterocycles.